The summed E-state index contributed by atoms with van der Waals surface area (Å²) in [6.45, 7) is 3.05. The molecule has 0 atom stereocenters. The van der Waals surface area contributed by atoms with Gasteiger partial charge in [-0.2, -0.15) is 0 Å². The van der Waals surface area contributed by atoms with Crippen LogP contribution in [0.4, 0.5) is 5.69 Å². The second kappa shape index (κ2) is 6.82. The minimum absolute atomic E-state index is 0.219. The summed E-state index contributed by atoms with van der Waals surface area (Å²) in [5, 5.41) is 1.53. The molecular weight excluding hydrogens is 442 g/mol. The predicted molar refractivity (Wildman–Crippen MR) is 115 cm³/mol. The molecule has 2 heterocycles. The van der Waals surface area contributed by atoms with Crippen LogP contribution in [0.2, 0.25) is 5.02 Å². The monoisotopic (exact) mass is 459 g/mol. The molecule has 1 aliphatic heterocycles. The molecule has 0 saturated heterocycles. The van der Waals surface area contributed by atoms with Crippen molar-refractivity contribution in [3.8, 4) is 5.75 Å². The number of nitrogens with zero attached hydrogens (tertiary/aromatic N) is 1. The van der Waals surface area contributed by atoms with E-state index in [9.17, 15) is 4.79 Å². The van der Waals surface area contributed by atoms with E-state index in [4.69, 9.17) is 20.8 Å². The Bertz CT molecular complexity index is 1170. The second-order valence-electron chi connectivity index (χ2n) is 7.50. The molecule has 2 aromatic carbocycles. The molecule has 5 rings (SSSR count). The van der Waals surface area contributed by atoms with Crippen LogP contribution in [0.1, 0.15) is 35.1 Å². The first-order chi connectivity index (χ1) is 13.5. The van der Waals surface area contributed by atoms with Gasteiger partial charge >= 0.3 is 5.63 Å². The van der Waals surface area contributed by atoms with Crippen LogP contribution < -0.4 is 15.3 Å². The highest BCUT2D eigenvalue weighted by molar-refractivity contribution is 9.10. The van der Waals surface area contributed by atoms with Crippen LogP contribution >= 0.6 is 27.5 Å². The molecule has 144 valence electrons. The summed E-state index contributed by atoms with van der Waals surface area (Å²) in [7, 11) is 0. The first-order valence-electron chi connectivity index (χ1n) is 9.47. The highest BCUT2D eigenvalue weighted by Crippen LogP contribution is 2.42. The van der Waals surface area contributed by atoms with Crippen molar-refractivity contribution in [3.05, 3.63) is 66.4 Å². The van der Waals surface area contributed by atoms with E-state index in [1.807, 2.05) is 12.1 Å². The first kappa shape index (κ1) is 18.1. The molecule has 3 aromatic rings. The van der Waals surface area contributed by atoms with E-state index in [0.717, 1.165) is 63.5 Å². The number of hydrogen-bond acceptors (Lipinski definition) is 4. The summed E-state index contributed by atoms with van der Waals surface area (Å²) in [4.78, 5) is 14.8. The van der Waals surface area contributed by atoms with Gasteiger partial charge in [0.15, 0.2) is 6.73 Å². The Morgan fingerprint density at radius 3 is 2.68 bits per heavy atom. The molecule has 0 amide bonds. The quantitative estimate of drug-likeness (QED) is 0.434. The van der Waals surface area contributed by atoms with Gasteiger partial charge in [0.25, 0.3) is 0 Å². The fourth-order valence-corrected chi connectivity index (χ4v) is 5.15. The number of anilines is 1. The molecule has 1 aliphatic carbocycles. The highest BCUT2D eigenvalue weighted by Gasteiger charge is 2.28. The lowest BCUT2D eigenvalue weighted by atomic mass is 9.89. The van der Waals surface area contributed by atoms with Gasteiger partial charge in [0.05, 0.1) is 17.1 Å². The minimum Gasteiger partial charge on any atom is -0.471 e. The number of ether oxygens (including phenoxy) is 1. The summed E-state index contributed by atoms with van der Waals surface area (Å²) in [6, 6.07) is 8.07. The molecule has 0 unspecified atom stereocenters. The normalized spacial score (nSPS) is 15.9. The van der Waals surface area contributed by atoms with Crippen molar-refractivity contribution in [2.45, 2.75) is 39.2 Å². The van der Waals surface area contributed by atoms with Crippen molar-refractivity contribution in [2.24, 2.45) is 0 Å². The second-order valence-corrected chi connectivity index (χ2v) is 8.82. The van der Waals surface area contributed by atoms with Gasteiger partial charge in [0.1, 0.15) is 11.3 Å². The third-order valence-electron chi connectivity index (χ3n) is 5.73. The van der Waals surface area contributed by atoms with Crippen LogP contribution in [0, 0.1) is 6.92 Å². The summed E-state index contributed by atoms with van der Waals surface area (Å²) >= 11 is 10.1. The van der Waals surface area contributed by atoms with Gasteiger partial charge in [-0.3, -0.25) is 0 Å². The van der Waals surface area contributed by atoms with Crippen molar-refractivity contribution in [1.29, 1.82) is 0 Å². The Morgan fingerprint density at radius 1 is 1.11 bits per heavy atom. The lowest BCUT2D eigenvalue weighted by molar-refractivity contribution is 0.289. The molecule has 2 aliphatic rings. The van der Waals surface area contributed by atoms with Gasteiger partial charge in [-0.25, -0.2) is 4.79 Å². The van der Waals surface area contributed by atoms with Crippen LogP contribution in [0.25, 0.3) is 11.0 Å². The van der Waals surface area contributed by atoms with Crippen LogP contribution in [-0.4, -0.2) is 6.73 Å². The highest BCUT2D eigenvalue weighted by atomic mass is 79.9. The van der Waals surface area contributed by atoms with Crippen molar-refractivity contribution >= 4 is 44.2 Å². The summed E-state index contributed by atoms with van der Waals surface area (Å²) < 4.78 is 12.9. The van der Waals surface area contributed by atoms with Crippen LogP contribution in [-0.2, 0) is 19.4 Å². The number of fused-ring (bicyclic) bond motifs is 5. The maximum absolute atomic E-state index is 12.6. The minimum atomic E-state index is -0.219. The molecule has 0 fully saturated rings. The molecule has 28 heavy (non-hydrogen) atoms. The van der Waals surface area contributed by atoms with Crippen molar-refractivity contribution in [3.63, 3.8) is 0 Å². The number of benzene rings is 2. The van der Waals surface area contributed by atoms with Gasteiger partial charge in [-0.15, -0.1) is 0 Å². The van der Waals surface area contributed by atoms with E-state index in [2.05, 4.69) is 39.9 Å². The van der Waals surface area contributed by atoms with E-state index in [-0.39, 0.29) is 5.63 Å². The van der Waals surface area contributed by atoms with Crippen molar-refractivity contribution in [2.75, 3.05) is 11.6 Å². The van der Waals surface area contributed by atoms with Crippen LogP contribution in [0.15, 0.2) is 37.9 Å². The summed E-state index contributed by atoms with van der Waals surface area (Å²) in [5.74, 6) is 0.624. The Morgan fingerprint density at radius 2 is 1.89 bits per heavy atom. The Hall–Kier alpha value is -1.98. The lowest BCUT2D eigenvalue weighted by Gasteiger charge is -2.33. The fraction of sp³-hybridized carbons (Fsp3) is 0.318. The number of hydrogen-bond donors (Lipinski definition) is 0. The molecule has 0 radical (unpaired) electrons. The fourth-order valence-electron chi connectivity index (χ4n) is 4.40. The van der Waals surface area contributed by atoms with Crippen molar-refractivity contribution < 1.29 is 9.15 Å². The van der Waals surface area contributed by atoms with Crippen LogP contribution in [0.3, 0.4) is 0 Å². The SMILES string of the molecule is Cc1cc(Br)ccc1N1COc2c(Cl)cc3c4c(c(=O)oc3c2C1)CCCC4. The van der Waals surface area contributed by atoms with E-state index in [1.54, 1.807) is 0 Å². The molecule has 6 heteroatoms. The van der Waals surface area contributed by atoms with Gasteiger partial charge in [0.2, 0.25) is 0 Å². The molecule has 0 spiro atoms. The average Bonchev–Trinajstić information content (AvgIpc) is 2.69. The molecule has 4 nitrogen and oxygen atoms in total. The van der Waals surface area contributed by atoms with E-state index in [1.165, 1.54) is 0 Å². The zero-order valence-electron chi connectivity index (χ0n) is 15.5. The lowest BCUT2D eigenvalue weighted by Crippen LogP contribution is -2.33. The van der Waals surface area contributed by atoms with E-state index >= 15 is 0 Å². The van der Waals surface area contributed by atoms with E-state index in [0.29, 0.717) is 29.6 Å². The third-order valence-corrected chi connectivity index (χ3v) is 6.50. The largest absolute Gasteiger partial charge is 0.471 e. The standard InChI is InChI=1S/C22H19BrClNO3/c1-12-8-13(23)6-7-19(12)25-10-17-20-16(9-18(24)21(17)27-11-25)14-4-2-3-5-15(14)22(26)28-20/h6-9H,2-5,10-11H2,1H3. The zero-order chi connectivity index (χ0) is 19.4. The summed E-state index contributed by atoms with van der Waals surface area (Å²) in [6.07, 6.45) is 3.79. The van der Waals surface area contributed by atoms with Gasteiger partial charge in [-0.05, 0) is 68.0 Å². The van der Waals surface area contributed by atoms with Crippen molar-refractivity contribution in [1.82, 2.24) is 0 Å². The van der Waals surface area contributed by atoms with Crippen LogP contribution in [0.5, 0.6) is 5.75 Å². The number of halogens is 2. The molecule has 1 aromatic heterocycles. The molecule has 0 bridgehead atoms. The Labute approximate surface area is 176 Å². The maximum atomic E-state index is 12.6. The molecule has 0 saturated carbocycles. The third kappa shape index (κ3) is 2.83. The van der Waals surface area contributed by atoms with Gasteiger partial charge in [-0.1, -0.05) is 27.5 Å². The van der Waals surface area contributed by atoms with Gasteiger partial charge in [0, 0.05) is 21.1 Å². The number of rotatable bonds is 1. The Balaban J connectivity index is 1.69. The maximum Gasteiger partial charge on any atom is 0.339 e. The molecular formula is C22H19BrClNO3. The zero-order valence-corrected chi connectivity index (χ0v) is 17.8. The summed E-state index contributed by atoms with van der Waals surface area (Å²) in [5.41, 5.74) is 5.38. The van der Waals surface area contributed by atoms with Gasteiger partial charge < -0.3 is 14.1 Å². The predicted octanol–water partition coefficient (Wildman–Crippen LogP) is 5.75. The van der Waals surface area contributed by atoms with E-state index < -0.39 is 0 Å². The first-order valence-corrected chi connectivity index (χ1v) is 10.6. The topological polar surface area (TPSA) is 42.7 Å². The Kier molecular flexibility index (Phi) is 4.40. The smallest absolute Gasteiger partial charge is 0.339 e. The number of aryl methyl sites for hydroxylation is 2. The molecule has 0 N–H and O–H groups in total. The average molecular weight is 461 g/mol.